The fraction of sp³-hybridized carbons (Fsp3) is 0.346. The molecule has 1 fully saturated rings. The molecule has 11 heteroatoms. The second-order valence-electron chi connectivity index (χ2n) is 8.60. The highest BCUT2D eigenvalue weighted by molar-refractivity contribution is 7.99. The van der Waals surface area contributed by atoms with E-state index < -0.39 is 28.9 Å². The summed E-state index contributed by atoms with van der Waals surface area (Å²) in [5, 5.41) is 11.8. The lowest BCUT2D eigenvalue weighted by Gasteiger charge is -2.38. The van der Waals surface area contributed by atoms with Crippen LogP contribution in [0.25, 0.3) is 6.08 Å². The third kappa shape index (κ3) is 6.67. The first kappa shape index (κ1) is 27.7. The van der Waals surface area contributed by atoms with Gasteiger partial charge in [0, 0.05) is 30.1 Å². The molecule has 1 heterocycles. The normalized spacial score (nSPS) is 15.6. The second-order valence-corrected chi connectivity index (χ2v) is 9.68. The van der Waals surface area contributed by atoms with E-state index in [1.165, 1.54) is 54.0 Å². The molecule has 0 saturated carbocycles. The van der Waals surface area contributed by atoms with Crippen LogP contribution >= 0.6 is 11.8 Å². The van der Waals surface area contributed by atoms with Crippen LogP contribution in [-0.2, 0) is 19.1 Å². The number of esters is 1. The number of hydrogen-bond donors (Lipinski definition) is 0. The monoisotopic (exact) mass is 527 g/mol. The van der Waals surface area contributed by atoms with Gasteiger partial charge in [-0.2, -0.15) is 0 Å². The largest absolute Gasteiger partial charge is 0.467 e. The molecule has 2 amide bonds. The highest BCUT2D eigenvalue weighted by atomic mass is 32.2. The fourth-order valence-corrected chi connectivity index (χ4v) is 5.16. The SMILES string of the molecule is COC(=O)C1CN(C(=O)OC)CCN1C(=O)/C=C/c1ccc(Sc2ccccc2C(C)C)c([N+](=O)[O-])c1. The lowest BCUT2D eigenvalue weighted by molar-refractivity contribution is -0.387. The van der Waals surface area contributed by atoms with Gasteiger partial charge < -0.3 is 19.3 Å². The van der Waals surface area contributed by atoms with E-state index >= 15 is 0 Å². The molecule has 0 aromatic heterocycles. The summed E-state index contributed by atoms with van der Waals surface area (Å²) in [4.78, 5) is 52.5. The van der Waals surface area contributed by atoms with Gasteiger partial charge in [-0.3, -0.25) is 14.9 Å². The summed E-state index contributed by atoms with van der Waals surface area (Å²) >= 11 is 1.33. The number of carbonyl (C=O) groups excluding carboxylic acids is 3. The maximum atomic E-state index is 12.9. The lowest BCUT2D eigenvalue weighted by Crippen LogP contribution is -2.59. The van der Waals surface area contributed by atoms with Crippen LogP contribution in [0.4, 0.5) is 10.5 Å². The van der Waals surface area contributed by atoms with E-state index in [-0.39, 0.29) is 31.2 Å². The molecule has 0 spiro atoms. The number of benzene rings is 2. The minimum atomic E-state index is -0.996. The molecule has 1 aliphatic rings. The molecule has 1 atom stereocenters. The molecular weight excluding hydrogens is 498 g/mol. The Morgan fingerprint density at radius 3 is 2.46 bits per heavy atom. The van der Waals surface area contributed by atoms with Crippen molar-refractivity contribution in [3.8, 4) is 0 Å². The van der Waals surface area contributed by atoms with Crippen molar-refractivity contribution in [1.82, 2.24) is 9.80 Å². The summed E-state index contributed by atoms with van der Waals surface area (Å²) in [7, 11) is 2.44. The zero-order valence-electron chi connectivity index (χ0n) is 21.1. The molecule has 2 aromatic rings. The molecule has 3 rings (SSSR count). The Bertz CT molecular complexity index is 1210. The summed E-state index contributed by atoms with van der Waals surface area (Å²) < 4.78 is 9.52. The number of rotatable bonds is 7. The van der Waals surface area contributed by atoms with E-state index in [4.69, 9.17) is 9.47 Å². The molecule has 0 bridgehead atoms. The van der Waals surface area contributed by atoms with E-state index in [0.29, 0.717) is 10.5 Å². The van der Waals surface area contributed by atoms with E-state index in [0.717, 1.165) is 10.5 Å². The van der Waals surface area contributed by atoms with E-state index in [1.54, 1.807) is 12.1 Å². The van der Waals surface area contributed by atoms with Crippen LogP contribution in [-0.4, -0.2) is 72.6 Å². The standard InChI is InChI=1S/C26H29N3O7S/c1-17(2)19-7-5-6-8-22(19)37-23-11-9-18(15-20(23)29(33)34)10-12-24(30)28-14-13-27(26(32)36-4)16-21(28)25(31)35-3/h5-12,15,17,21H,13-14,16H2,1-4H3/b12-10+. The number of nitrogens with zero attached hydrogens (tertiary/aromatic N) is 3. The Morgan fingerprint density at radius 2 is 1.81 bits per heavy atom. The van der Waals surface area contributed by atoms with Crippen LogP contribution in [0, 0.1) is 10.1 Å². The van der Waals surface area contributed by atoms with E-state index in [1.807, 2.05) is 24.3 Å². The Balaban J connectivity index is 1.81. The first-order valence-corrected chi connectivity index (χ1v) is 12.4. The first-order valence-electron chi connectivity index (χ1n) is 11.6. The maximum Gasteiger partial charge on any atom is 0.409 e. The van der Waals surface area contributed by atoms with Gasteiger partial charge in [-0.05, 0) is 35.3 Å². The Hall–Kier alpha value is -3.86. The predicted octanol–water partition coefficient (Wildman–Crippen LogP) is 4.33. The number of hydrogen-bond acceptors (Lipinski definition) is 8. The van der Waals surface area contributed by atoms with Crippen molar-refractivity contribution >= 4 is 41.5 Å². The van der Waals surface area contributed by atoms with Crippen molar-refractivity contribution in [2.45, 2.75) is 35.6 Å². The molecule has 10 nitrogen and oxygen atoms in total. The zero-order chi connectivity index (χ0) is 27.1. The van der Waals surface area contributed by atoms with Crippen molar-refractivity contribution in [3.05, 3.63) is 69.8 Å². The third-order valence-electron chi connectivity index (χ3n) is 5.93. The number of nitro groups is 1. The molecule has 0 N–H and O–H groups in total. The van der Waals surface area contributed by atoms with Gasteiger partial charge in [-0.1, -0.05) is 49.9 Å². The number of amides is 2. The minimum Gasteiger partial charge on any atom is -0.467 e. The third-order valence-corrected chi connectivity index (χ3v) is 7.09. The van der Waals surface area contributed by atoms with Crippen molar-refractivity contribution < 1.29 is 28.8 Å². The highest BCUT2D eigenvalue weighted by Crippen LogP contribution is 2.39. The molecule has 1 saturated heterocycles. The number of carbonyl (C=O) groups is 3. The fourth-order valence-electron chi connectivity index (χ4n) is 3.98. The van der Waals surface area contributed by atoms with Gasteiger partial charge in [0.2, 0.25) is 5.91 Å². The van der Waals surface area contributed by atoms with Crippen molar-refractivity contribution in [1.29, 1.82) is 0 Å². The van der Waals surface area contributed by atoms with Crippen LogP contribution in [0.1, 0.15) is 30.9 Å². The van der Waals surface area contributed by atoms with Crippen LogP contribution < -0.4 is 0 Å². The van der Waals surface area contributed by atoms with Gasteiger partial charge in [0.1, 0.15) is 6.04 Å². The molecule has 1 aliphatic heterocycles. The lowest BCUT2D eigenvalue weighted by atomic mass is 10.0. The molecular formula is C26H29N3O7S. The average molecular weight is 528 g/mol. The van der Waals surface area contributed by atoms with Crippen LogP contribution in [0.3, 0.4) is 0 Å². The van der Waals surface area contributed by atoms with Gasteiger partial charge >= 0.3 is 12.1 Å². The zero-order valence-corrected chi connectivity index (χ0v) is 21.9. The molecule has 37 heavy (non-hydrogen) atoms. The first-order chi connectivity index (χ1) is 17.7. The Labute approximate surface area is 219 Å². The number of nitro benzene ring substituents is 1. The Morgan fingerprint density at radius 1 is 1.08 bits per heavy atom. The summed E-state index contributed by atoms with van der Waals surface area (Å²) in [6.07, 6.45) is 2.12. The van der Waals surface area contributed by atoms with Crippen molar-refractivity contribution in [2.75, 3.05) is 33.9 Å². The minimum absolute atomic E-state index is 0.0613. The van der Waals surface area contributed by atoms with E-state index in [9.17, 15) is 24.5 Å². The summed E-state index contributed by atoms with van der Waals surface area (Å²) in [5.41, 5.74) is 1.49. The maximum absolute atomic E-state index is 12.9. The van der Waals surface area contributed by atoms with Gasteiger partial charge in [-0.15, -0.1) is 0 Å². The van der Waals surface area contributed by atoms with E-state index in [2.05, 4.69) is 13.8 Å². The smallest absolute Gasteiger partial charge is 0.409 e. The van der Waals surface area contributed by atoms with Gasteiger partial charge in [0.25, 0.3) is 5.69 Å². The van der Waals surface area contributed by atoms with Crippen molar-refractivity contribution in [2.24, 2.45) is 0 Å². The van der Waals surface area contributed by atoms with Crippen LogP contribution in [0.2, 0.25) is 0 Å². The summed E-state index contributed by atoms with van der Waals surface area (Å²) in [6.45, 7) is 4.36. The predicted molar refractivity (Wildman–Crippen MR) is 138 cm³/mol. The molecule has 0 radical (unpaired) electrons. The van der Waals surface area contributed by atoms with Gasteiger partial charge in [0.15, 0.2) is 0 Å². The summed E-state index contributed by atoms with van der Waals surface area (Å²) in [5.74, 6) is -0.875. The van der Waals surface area contributed by atoms with Crippen molar-refractivity contribution in [3.63, 3.8) is 0 Å². The summed E-state index contributed by atoms with van der Waals surface area (Å²) in [6, 6.07) is 11.6. The average Bonchev–Trinajstić information content (AvgIpc) is 2.91. The van der Waals surface area contributed by atoms with Crippen LogP contribution in [0.5, 0.6) is 0 Å². The molecule has 2 aromatic carbocycles. The number of piperazine rings is 1. The van der Waals surface area contributed by atoms with Gasteiger partial charge in [-0.25, -0.2) is 9.59 Å². The number of methoxy groups -OCH3 is 2. The van der Waals surface area contributed by atoms with Crippen LogP contribution in [0.15, 0.2) is 58.3 Å². The Kier molecular flexibility index (Phi) is 9.29. The second kappa shape index (κ2) is 12.4. The highest BCUT2D eigenvalue weighted by Gasteiger charge is 2.37. The number of ether oxygens (including phenoxy) is 2. The van der Waals surface area contributed by atoms with Gasteiger partial charge in [0.05, 0.1) is 30.6 Å². The quantitative estimate of drug-likeness (QED) is 0.226. The molecule has 196 valence electrons. The molecule has 1 unspecified atom stereocenters. The topological polar surface area (TPSA) is 119 Å². The molecule has 0 aliphatic carbocycles.